The number of sulfonamides is 2. The number of carbonyl (C=O) groups is 2. The van der Waals surface area contributed by atoms with Crippen molar-refractivity contribution in [2.45, 2.75) is 52.4 Å². The van der Waals surface area contributed by atoms with Crippen LogP contribution in [0.15, 0.2) is 97.1 Å². The number of unbranched alkanes of at least 4 members (excludes halogenated alkanes) is 1. The highest BCUT2D eigenvalue weighted by Gasteiger charge is 2.11. The second-order valence-corrected chi connectivity index (χ2v) is 16.1. The number of benzene rings is 4. The Hall–Kier alpha value is -5.48. The van der Waals surface area contributed by atoms with Crippen molar-refractivity contribution in [2.75, 3.05) is 47.4 Å². The van der Waals surface area contributed by atoms with Crippen LogP contribution in [0, 0.1) is 0 Å². The first-order valence-electron chi connectivity index (χ1n) is 18.1. The summed E-state index contributed by atoms with van der Waals surface area (Å²) >= 11 is 0. The molecule has 4 aromatic rings. The van der Waals surface area contributed by atoms with Crippen LogP contribution in [-0.2, 0) is 42.5 Å². The van der Waals surface area contributed by atoms with Gasteiger partial charge in [0.25, 0.3) is 0 Å². The summed E-state index contributed by atoms with van der Waals surface area (Å²) in [4.78, 5) is 21.5. The number of nitrogens with one attached hydrogen (secondary N) is 2. The molecule has 0 amide bonds. The summed E-state index contributed by atoms with van der Waals surface area (Å²) in [5, 5.41) is 17.6. The van der Waals surface area contributed by atoms with Crippen molar-refractivity contribution in [3.05, 3.63) is 108 Å². The van der Waals surface area contributed by atoms with Crippen LogP contribution in [0.2, 0.25) is 0 Å². The predicted octanol–water partition coefficient (Wildman–Crippen LogP) is 6.63. The number of anilines is 2. The minimum absolute atomic E-state index is 0.0104. The molecule has 0 aliphatic carbocycles. The molecule has 0 bridgehead atoms. The topological polar surface area (TPSA) is 204 Å². The number of hydrogen-bond acceptors (Lipinski definition) is 10. The Morgan fingerprint density at radius 1 is 0.554 bits per heavy atom. The highest BCUT2D eigenvalue weighted by atomic mass is 32.2. The molecule has 0 saturated carbocycles. The van der Waals surface area contributed by atoms with Gasteiger partial charge in [-0.3, -0.25) is 19.0 Å². The third-order valence-electron chi connectivity index (χ3n) is 7.78. The summed E-state index contributed by atoms with van der Waals surface area (Å²) in [5.41, 5.74) is 2.66. The van der Waals surface area contributed by atoms with Gasteiger partial charge in [0.05, 0.1) is 11.5 Å². The summed E-state index contributed by atoms with van der Waals surface area (Å²) in [6.45, 7) is 4.71. The molecule has 0 spiro atoms. The zero-order chi connectivity index (χ0) is 40.8. The van der Waals surface area contributed by atoms with E-state index in [-0.39, 0.29) is 24.3 Å². The number of carboxylic acid groups (broad SMARTS) is 2. The lowest BCUT2D eigenvalue weighted by Crippen LogP contribution is -2.16. The van der Waals surface area contributed by atoms with Crippen molar-refractivity contribution in [1.82, 2.24) is 0 Å². The number of aliphatic carboxylic acids is 2. The van der Waals surface area contributed by atoms with E-state index in [1.54, 1.807) is 67.6 Å². The molecule has 16 heteroatoms. The normalized spacial score (nSPS) is 11.0. The lowest BCUT2D eigenvalue weighted by atomic mass is 10.1. The Kier molecular flexibility index (Phi) is 18.8. The molecule has 0 aromatic heterocycles. The maximum Gasteiger partial charge on any atom is 0.303 e. The number of ether oxygens (including phenoxy) is 4. The molecule has 56 heavy (non-hydrogen) atoms. The second kappa shape index (κ2) is 23.4. The van der Waals surface area contributed by atoms with Crippen LogP contribution in [0.4, 0.5) is 11.4 Å². The maximum atomic E-state index is 11.9. The van der Waals surface area contributed by atoms with Gasteiger partial charge in [-0.05, 0) is 98.0 Å². The first kappa shape index (κ1) is 44.9. The van der Waals surface area contributed by atoms with Crippen LogP contribution in [0.1, 0.15) is 50.7 Å². The van der Waals surface area contributed by atoms with Gasteiger partial charge in [0.15, 0.2) is 0 Å². The van der Waals surface area contributed by atoms with Gasteiger partial charge >= 0.3 is 11.9 Å². The molecule has 0 heterocycles. The average Bonchev–Trinajstić information content (AvgIpc) is 3.17. The SMILES string of the molecule is CCCCS(=O)(=O)Nc1ccc(OCCOc2ccccc2CCC(=O)O)cc1.CCS(=O)(=O)Nc1ccc(OCCOc2ccccc2CCC(=O)O)cc1. The summed E-state index contributed by atoms with van der Waals surface area (Å²) in [5.74, 6) is 0.906. The van der Waals surface area contributed by atoms with Crippen LogP contribution in [0.3, 0.4) is 0 Å². The lowest BCUT2D eigenvalue weighted by Gasteiger charge is -2.12. The van der Waals surface area contributed by atoms with E-state index in [4.69, 9.17) is 29.2 Å². The van der Waals surface area contributed by atoms with Crippen molar-refractivity contribution in [3.63, 3.8) is 0 Å². The van der Waals surface area contributed by atoms with Gasteiger partial charge in [0, 0.05) is 24.2 Å². The van der Waals surface area contributed by atoms with Crippen molar-refractivity contribution in [3.8, 4) is 23.0 Å². The van der Waals surface area contributed by atoms with Crippen LogP contribution < -0.4 is 28.4 Å². The van der Waals surface area contributed by atoms with Gasteiger partial charge in [0.2, 0.25) is 20.0 Å². The molecule has 4 aromatic carbocycles. The smallest absolute Gasteiger partial charge is 0.303 e. The Morgan fingerprint density at radius 2 is 0.946 bits per heavy atom. The highest BCUT2D eigenvalue weighted by Crippen LogP contribution is 2.22. The Bertz CT molecular complexity index is 2020. The number of para-hydroxylation sites is 2. The fourth-order valence-corrected chi connectivity index (χ4v) is 6.77. The minimum atomic E-state index is -3.32. The van der Waals surface area contributed by atoms with E-state index >= 15 is 0 Å². The molecule has 4 rings (SSSR count). The van der Waals surface area contributed by atoms with E-state index in [2.05, 4.69) is 9.44 Å². The molecule has 0 aliphatic heterocycles. The molecule has 14 nitrogen and oxygen atoms in total. The molecular formula is C40H50N2O12S2. The molecule has 0 unspecified atom stereocenters. The molecule has 0 aliphatic rings. The third-order valence-corrected chi connectivity index (χ3v) is 10.5. The van der Waals surface area contributed by atoms with E-state index in [0.29, 0.717) is 80.1 Å². The second-order valence-electron chi connectivity index (χ2n) is 12.2. The molecule has 0 saturated heterocycles. The molecule has 0 radical (unpaired) electrons. The summed E-state index contributed by atoms with van der Waals surface area (Å²) in [7, 11) is -6.62. The van der Waals surface area contributed by atoms with E-state index in [0.717, 1.165) is 17.5 Å². The quantitative estimate of drug-likeness (QED) is 0.0551. The number of carboxylic acids is 2. The monoisotopic (exact) mass is 814 g/mol. The number of aryl methyl sites for hydroxylation is 2. The van der Waals surface area contributed by atoms with Crippen molar-refractivity contribution < 1.29 is 55.6 Å². The predicted molar refractivity (Wildman–Crippen MR) is 215 cm³/mol. The molecule has 0 atom stereocenters. The zero-order valence-electron chi connectivity index (χ0n) is 31.5. The van der Waals surface area contributed by atoms with E-state index in [9.17, 15) is 26.4 Å². The standard InChI is InChI=1S/C21H27NO6S.C19H23NO6S/c1-2-3-16-29(25,26)22-18-9-11-19(12-10-18)27-14-15-28-20-7-5-4-6-17(20)8-13-21(23)24;1-2-27(23,24)20-16-8-10-17(11-9-16)25-13-14-26-18-6-4-3-5-15(18)7-12-19(21)22/h4-7,9-12,22H,2-3,8,13-16H2,1H3,(H,23,24);3-6,8-11,20H,2,7,12-14H2,1H3,(H,21,22). The first-order valence-corrected chi connectivity index (χ1v) is 21.4. The van der Waals surface area contributed by atoms with Gasteiger partial charge in [-0.25, -0.2) is 16.8 Å². The van der Waals surface area contributed by atoms with Gasteiger partial charge in [-0.1, -0.05) is 49.7 Å². The van der Waals surface area contributed by atoms with E-state index in [1.165, 1.54) is 0 Å². The van der Waals surface area contributed by atoms with Gasteiger partial charge in [-0.15, -0.1) is 0 Å². The summed E-state index contributed by atoms with van der Waals surface area (Å²) < 4.78 is 74.5. The Morgan fingerprint density at radius 3 is 1.34 bits per heavy atom. The van der Waals surface area contributed by atoms with Crippen molar-refractivity contribution in [1.29, 1.82) is 0 Å². The van der Waals surface area contributed by atoms with Gasteiger partial charge in [0.1, 0.15) is 49.4 Å². The highest BCUT2D eigenvalue weighted by molar-refractivity contribution is 7.92. The molecular weight excluding hydrogens is 765 g/mol. The summed E-state index contributed by atoms with van der Waals surface area (Å²) in [6.07, 6.45) is 2.34. The lowest BCUT2D eigenvalue weighted by molar-refractivity contribution is -0.138. The molecule has 304 valence electrons. The van der Waals surface area contributed by atoms with Crippen LogP contribution >= 0.6 is 0 Å². The first-order chi connectivity index (χ1) is 26.8. The van der Waals surface area contributed by atoms with Crippen molar-refractivity contribution in [2.24, 2.45) is 0 Å². The zero-order valence-corrected chi connectivity index (χ0v) is 33.1. The van der Waals surface area contributed by atoms with E-state index < -0.39 is 32.0 Å². The van der Waals surface area contributed by atoms with Crippen molar-refractivity contribution >= 4 is 43.4 Å². The van der Waals surface area contributed by atoms with Crippen LogP contribution in [0.25, 0.3) is 0 Å². The molecule has 4 N–H and O–H groups in total. The fourth-order valence-electron chi connectivity index (χ4n) is 4.86. The average molecular weight is 815 g/mol. The number of hydrogen-bond donors (Lipinski definition) is 4. The largest absolute Gasteiger partial charge is 0.490 e. The maximum absolute atomic E-state index is 11.9. The molecule has 0 fully saturated rings. The Labute approximate surface area is 328 Å². The van der Waals surface area contributed by atoms with Crippen LogP contribution in [0.5, 0.6) is 23.0 Å². The van der Waals surface area contributed by atoms with E-state index in [1.807, 2.05) is 43.3 Å². The Balaban J connectivity index is 0.000000301. The minimum Gasteiger partial charge on any atom is -0.490 e. The fraction of sp³-hybridized carbons (Fsp3) is 0.350. The number of rotatable bonds is 24. The van der Waals surface area contributed by atoms with Gasteiger partial charge < -0.3 is 29.2 Å². The van der Waals surface area contributed by atoms with Crippen LogP contribution in [-0.4, -0.2) is 76.9 Å². The summed E-state index contributed by atoms with van der Waals surface area (Å²) in [6, 6.07) is 27.9. The van der Waals surface area contributed by atoms with Gasteiger partial charge in [-0.2, -0.15) is 0 Å². The third kappa shape index (κ3) is 17.8.